The molecule has 0 aliphatic heterocycles. The number of non-ortho nitro benzene ring substituents is 1. The maximum Gasteiger partial charge on any atom is 0.272 e. The zero-order valence-corrected chi connectivity index (χ0v) is 21.1. The number of hydrogen-bond acceptors (Lipinski definition) is 7. The number of nitrogens with one attached hydrogen (secondary N) is 2. The summed E-state index contributed by atoms with van der Waals surface area (Å²) in [6, 6.07) is 10.3. The number of hydrogen-bond donors (Lipinski definition) is 2. The van der Waals surface area contributed by atoms with Crippen molar-refractivity contribution >= 4 is 21.6 Å². The van der Waals surface area contributed by atoms with Crippen molar-refractivity contribution in [1.29, 1.82) is 0 Å². The van der Waals surface area contributed by atoms with Gasteiger partial charge in [0.15, 0.2) is 5.69 Å². The smallest absolute Gasteiger partial charge is 0.272 e. The Morgan fingerprint density at radius 2 is 1.83 bits per heavy atom. The molecule has 1 aromatic heterocycles. The fourth-order valence-corrected chi connectivity index (χ4v) is 4.95. The van der Waals surface area contributed by atoms with Crippen molar-refractivity contribution in [1.82, 2.24) is 19.8 Å². The molecule has 1 aliphatic rings. The second-order valence-electron chi connectivity index (χ2n) is 9.04. The van der Waals surface area contributed by atoms with E-state index in [2.05, 4.69) is 15.1 Å². The third-order valence-electron chi connectivity index (χ3n) is 5.52. The molecule has 0 bridgehead atoms. The molecule has 36 heavy (non-hydrogen) atoms. The van der Waals surface area contributed by atoms with Crippen LogP contribution < -0.4 is 14.8 Å². The van der Waals surface area contributed by atoms with Gasteiger partial charge in [0.25, 0.3) is 11.6 Å². The van der Waals surface area contributed by atoms with Crippen molar-refractivity contribution in [3.8, 4) is 17.3 Å². The minimum Gasteiger partial charge on any atom is -0.437 e. The van der Waals surface area contributed by atoms with Crippen LogP contribution in [0, 0.1) is 24.0 Å². The van der Waals surface area contributed by atoms with Crippen LogP contribution in [0.1, 0.15) is 48.3 Å². The normalized spacial score (nSPS) is 13.6. The van der Waals surface area contributed by atoms with E-state index in [1.165, 1.54) is 16.8 Å². The summed E-state index contributed by atoms with van der Waals surface area (Å²) in [6.45, 7) is 7.22. The van der Waals surface area contributed by atoms with Crippen LogP contribution in [0.4, 0.5) is 5.69 Å². The number of nitro benzene ring substituents is 1. The van der Waals surface area contributed by atoms with Gasteiger partial charge in [-0.1, -0.05) is 17.7 Å². The third kappa shape index (κ3) is 5.39. The van der Waals surface area contributed by atoms with E-state index in [9.17, 15) is 23.3 Å². The number of rotatable bonds is 9. The molecule has 1 aliphatic carbocycles. The molecule has 12 heteroatoms. The number of sulfonamides is 1. The lowest BCUT2D eigenvalue weighted by atomic mass is 10.2. The largest absolute Gasteiger partial charge is 0.437 e. The molecule has 3 aromatic rings. The highest BCUT2D eigenvalue weighted by Crippen LogP contribution is 2.36. The zero-order valence-electron chi connectivity index (χ0n) is 20.3. The van der Waals surface area contributed by atoms with Crippen LogP contribution in [0.15, 0.2) is 47.4 Å². The Bertz CT molecular complexity index is 1430. The number of aryl methyl sites for hydroxylation is 1. The van der Waals surface area contributed by atoms with Crippen LogP contribution in [0.25, 0.3) is 5.69 Å². The van der Waals surface area contributed by atoms with Crippen LogP contribution in [0.5, 0.6) is 11.6 Å². The summed E-state index contributed by atoms with van der Waals surface area (Å²) in [7, 11) is -4.11. The first-order valence-electron chi connectivity index (χ1n) is 11.4. The summed E-state index contributed by atoms with van der Waals surface area (Å²) in [5.41, 5.74) is 1.70. The highest BCUT2D eigenvalue weighted by Gasteiger charge is 2.32. The second-order valence-corrected chi connectivity index (χ2v) is 10.7. The predicted molar refractivity (Wildman–Crippen MR) is 132 cm³/mol. The minimum absolute atomic E-state index is 0.113. The summed E-state index contributed by atoms with van der Waals surface area (Å²) < 4.78 is 36.2. The van der Waals surface area contributed by atoms with Crippen molar-refractivity contribution in [2.45, 2.75) is 57.5 Å². The van der Waals surface area contributed by atoms with Gasteiger partial charge in [-0.3, -0.25) is 14.9 Å². The van der Waals surface area contributed by atoms with Gasteiger partial charge in [0.1, 0.15) is 10.6 Å². The van der Waals surface area contributed by atoms with Gasteiger partial charge in [-0.05, 0) is 58.7 Å². The minimum atomic E-state index is -4.11. The van der Waals surface area contributed by atoms with E-state index < -0.39 is 20.9 Å². The number of carbonyl (C=O) groups excluding carboxylic acids is 1. The summed E-state index contributed by atoms with van der Waals surface area (Å²) in [5, 5.41) is 18.6. The maximum atomic E-state index is 13.1. The first-order valence-corrected chi connectivity index (χ1v) is 12.9. The Morgan fingerprint density at radius 1 is 1.17 bits per heavy atom. The highest BCUT2D eigenvalue weighted by molar-refractivity contribution is 7.89. The molecule has 0 radical (unpaired) electrons. The van der Waals surface area contributed by atoms with Gasteiger partial charge in [0.05, 0.1) is 10.6 Å². The van der Waals surface area contributed by atoms with Crippen molar-refractivity contribution in [2.75, 3.05) is 0 Å². The van der Waals surface area contributed by atoms with Gasteiger partial charge >= 0.3 is 0 Å². The summed E-state index contributed by atoms with van der Waals surface area (Å²) in [6.07, 6.45) is 1.38. The molecule has 1 fully saturated rings. The fraction of sp³-hybridized carbons (Fsp3) is 0.333. The monoisotopic (exact) mass is 513 g/mol. The highest BCUT2D eigenvalue weighted by atomic mass is 32.2. The molecular formula is C24H27N5O6S. The van der Waals surface area contributed by atoms with Crippen LogP contribution in [0.3, 0.4) is 0 Å². The number of amides is 1. The Labute approximate surface area is 208 Å². The van der Waals surface area contributed by atoms with Crippen molar-refractivity contribution in [2.24, 2.45) is 0 Å². The van der Waals surface area contributed by atoms with E-state index in [4.69, 9.17) is 4.74 Å². The molecular weight excluding hydrogens is 486 g/mol. The quantitative estimate of drug-likeness (QED) is 0.327. The molecule has 0 unspecified atom stereocenters. The van der Waals surface area contributed by atoms with E-state index in [0.717, 1.165) is 11.6 Å². The fourth-order valence-electron chi connectivity index (χ4n) is 3.50. The maximum absolute atomic E-state index is 13.1. The number of benzene rings is 2. The van der Waals surface area contributed by atoms with Crippen LogP contribution in [-0.4, -0.2) is 41.1 Å². The van der Waals surface area contributed by atoms with Gasteiger partial charge in [0.2, 0.25) is 15.9 Å². The predicted octanol–water partition coefficient (Wildman–Crippen LogP) is 3.77. The lowest BCUT2D eigenvalue weighted by Gasteiger charge is -2.14. The first-order chi connectivity index (χ1) is 17.0. The lowest BCUT2D eigenvalue weighted by Crippen LogP contribution is -2.30. The summed E-state index contributed by atoms with van der Waals surface area (Å²) >= 11 is 0. The average molecular weight is 514 g/mol. The molecule has 1 amide bonds. The second kappa shape index (κ2) is 9.70. The van der Waals surface area contributed by atoms with Gasteiger partial charge in [-0.15, -0.1) is 0 Å². The Kier molecular flexibility index (Phi) is 6.83. The molecule has 0 atom stereocenters. The average Bonchev–Trinajstić information content (AvgIpc) is 3.55. The van der Waals surface area contributed by atoms with E-state index in [0.29, 0.717) is 24.1 Å². The van der Waals surface area contributed by atoms with Crippen molar-refractivity contribution < 1.29 is 22.9 Å². The molecule has 0 spiro atoms. The standard InChI is InChI=1S/C24H27N5O6S/c1-14(2)25-23(30)22-16(4)24(28(26-22)18-9-5-15(3)6-10-18)35-20-12-11-19(29(31)32)13-21(20)36(33,34)27-17-7-8-17/h5-6,9-14,17,27H,7-8H2,1-4H3,(H,25,30). The third-order valence-corrected chi connectivity index (χ3v) is 7.06. The zero-order chi connectivity index (χ0) is 26.2. The molecule has 11 nitrogen and oxygen atoms in total. The molecule has 190 valence electrons. The molecule has 1 heterocycles. The number of nitrogens with zero attached hydrogens (tertiary/aromatic N) is 3. The lowest BCUT2D eigenvalue weighted by molar-refractivity contribution is -0.385. The van der Waals surface area contributed by atoms with Crippen molar-refractivity contribution in [3.05, 3.63) is 69.4 Å². The molecule has 0 saturated heterocycles. The number of aromatic nitrogens is 2. The molecule has 2 aromatic carbocycles. The topological polar surface area (TPSA) is 145 Å². The van der Waals surface area contributed by atoms with Crippen LogP contribution in [0.2, 0.25) is 0 Å². The van der Waals surface area contributed by atoms with E-state index >= 15 is 0 Å². The summed E-state index contributed by atoms with van der Waals surface area (Å²) in [4.78, 5) is 23.2. The van der Waals surface area contributed by atoms with Crippen molar-refractivity contribution in [3.63, 3.8) is 0 Å². The van der Waals surface area contributed by atoms with E-state index in [-0.39, 0.29) is 40.0 Å². The van der Waals surface area contributed by atoms with E-state index in [1.807, 2.05) is 32.9 Å². The van der Waals surface area contributed by atoms with Crippen LogP contribution in [-0.2, 0) is 10.0 Å². The van der Waals surface area contributed by atoms with Gasteiger partial charge in [-0.25, -0.2) is 13.1 Å². The number of ether oxygens (including phenoxy) is 1. The molecule has 1 saturated carbocycles. The van der Waals surface area contributed by atoms with Gasteiger partial charge < -0.3 is 10.1 Å². The van der Waals surface area contributed by atoms with Gasteiger partial charge in [-0.2, -0.15) is 9.78 Å². The number of nitro groups is 1. The van der Waals surface area contributed by atoms with E-state index in [1.54, 1.807) is 19.1 Å². The Morgan fingerprint density at radius 3 is 2.42 bits per heavy atom. The molecule has 4 rings (SSSR count). The van der Waals surface area contributed by atoms with Crippen LogP contribution >= 0.6 is 0 Å². The molecule has 2 N–H and O–H groups in total. The summed E-state index contributed by atoms with van der Waals surface area (Å²) in [5.74, 6) is -0.421. The Balaban J connectivity index is 1.85. The Hall–Kier alpha value is -3.77. The van der Waals surface area contributed by atoms with Gasteiger partial charge in [0, 0.05) is 29.8 Å². The first kappa shape index (κ1) is 25.3. The number of carbonyl (C=O) groups is 1. The SMILES string of the molecule is Cc1ccc(-n2nc(C(=O)NC(C)C)c(C)c2Oc2ccc([N+](=O)[O-])cc2S(=O)(=O)NC2CC2)cc1.